The van der Waals surface area contributed by atoms with E-state index < -0.39 is 0 Å². The summed E-state index contributed by atoms with van der Waals surface area (Å²) in [6.07, 6.45) is 3.12. The molecule has 0 aliphatic heterocycles. The van der Waals surface area contributed by atoms with Gasteiger partial charge in [0.05, 0.1) is 0 Å². The highest BCUT2D eigenvalue weighted by Gasteiger charge is 2.10. The lowest BCUT2D eigenvalue weighted by Crippen LogP contribution is -2.22. The predicted molar refractivity (Wildman–Crippen MR) is 87.2 cm³/mol. The molecule has 0 amide bonds. The van der Waals surface area contributed by atoms with Crippen LogP contribution in [0.3, 0.4) is 0 Å². The Bertz CT molecular complexity index is 360. The number of nitrogens with one attached hydrogen (secondary N) is 1. The minimum atomic E-state index is 0.598. The molecule has 114 valence electrons. The average molecular weight is 344 g/mol. The molecule has 0 bridgehead atoms. The van der Waals surface area contributed by atoms with Gasteiger partial charge >= 0.3 is 0 Å². The second kappa shape index (κ2) is 11.3. The maximum Gasteiger partial charge on any atom is 0.0487 e. The van der Waals surface area contributed by atoms with Crippen molar-refractivity contribution in [2.24, 2.45) is 5.92 Å². The molecule has 4 heteroatoms. The summed E-state index contributed by atoms with van der Waals surface area (Å²) in [6.45, 7) is 3.40. The molecule has 0 radical (unpaired) electrons. The molecular weight excluding hydrogens is 318 g/mol. The Kier molecular flexibility index (Phi) is 9.93. The van der Waals surface area contributed by atoms with E-state index in [4.69, 9.17) is 9.47 Å². The first-order chi connectivity index (χ1) is 9.77. The summed E-state index contributed by atoms with van der Waals surface area (Å²) in [4.78, 5) is 0. The zero-order valence-electron chi connectivity index (χ0n) is 12.5. The van der Waals surface area contributed by atoms with Gasteiger partial charge in [-0.1, -0.05) is 34.1 Å². The Balaban J connectivity index is 2.31. The summed E-state index contributed by atoms with van der Waals surface area (Å²) < 4.78 is 11.9. The summed E-state index contributed by atoms with van der Waals surface area (Å²) in [5, 5.41) is 3.28. The van der Waals surface area contributed by atoms with Gasteiger partial charge in [-0.2, -0.15) is 0 Å². The van der Waals surface area contributed by atoms with Crippen molar-refractivity contribution in [2.45, 2.75) is 19.3 Å². The molecule has 0 heterocycles. The molecule has 1 aromatic rings. The van der Waals surface area contributed by atoms with Crippen molar-refractivity contribution in [1.29, 1.82) is 0 Å². The van der Waals surface area contributed by atoms with E-state index in [2.05, 4.69) is 45.5 Å². The minimum absolute atomic E-state index is 0.598. The lowest BCUT2D eigenvalue weighted by Gasteiger charge is -2.17. The van der Waals surface area contributed by atoms with Crippen LogP contribution in [0.25, 0.3) is 0 Å². The normalized spacial score (nSPS) is 12.6. The van der Waals surface area contributed by atoms with Crippen LogP contribution in [0.2, 0.25) is 0 Å². The summed E-state index contributed by atoms with van der Waals surface area (Å²) in [7, 11) is 3.73. The van der Waals surface area contributed by atoms with Gasteiger partial charge in [-0.05, 0) is 50.4 Å². The molecule has 0 aromatic heterocycles. The number of hydrogen-bond donors (Lipinski definition) is 1. The lowest BCUT2D eigenvalue weighted by atomic mass is 9.96. The first kappa shape index (κ1) is 17.6. The molecule has 0 saturated heterocycles. The third-order valence-electron chi connectivity index (χ3n) is 3.27. The van der Waals surface area contributed by atoms with E-state index in [9.17, 15) is 0 Å². The van der Waals surface area contributed by atoms with Crippen molar-refractivity contribution in [3.8, 4) is 0 Å². The standard InChI is InChI=1S/C16H26BrNO2/c1-18-13-14(8-11-20-10-5-9-19-2)12-15-6-3-4-7-16(15)17/h3-4,6-7,14,18H,5,8-13H2,1-2H3. The first-order valence-corrected chi connectivity index (χ1v) is 8.02. The number of hydrogen-bond acceptors (Lipinski definition) is 3. The summed E-state index contributed by atoms with van der Waals surface area (Å²) in [6, 6.07) is 8.44. The largest absolute Gasteiger partial charge is 0.385 e. The van der Waals surface area contributed by atoms with Crippen molar-refractivity contribution in [3.05, 3.63) is 34.3 Å². The van der Waals surface area contributed by atoms with Crippen LogP contribution in [0.15, 0.2) is 28.7 Å². The maximum absolute atomic E-state index is 5.66. The Morgan fingerprint density at radius 2 is 2.00 bits per heavy atom. The Morgan fingerprint density at radius 3 is 2.70 bits per heavy atom. The fourth-order valence-electron chi connectivity index (χ4n) is 2.20. The quantitative estimate of drug-likeness (QED) is 0.625. The highest BCUT2D eigenvalue weighted by Crippen LogP contribution is 2.20. The molecule has 1 rings (SSSR count). The van der Waals surface area contributed by atoms with Crippen LogP contribution in [0.5, 0.6) is 0 Å². The lowest BCUT2D eigenvalue weighted by molar-refractivity contribution is 0.0937. The van der Waals surface area contributed by atoms with E-state index >= 15 is 0 Å². The highest BCUT2D eigenvalue weighted by atomic mass is 79.9. The molecule has 1 atom stereocenters. The van der Waals surface area contributed by atoms with Gasteiger partial charge in [0.1, 0.15) is 0 Å². The van der Waals surface area contributed by atoms with Crippen molar-refractivity contribution in [1.82, 2.24) is 5.32 Å². The monoisotopic (exact) mass is 343 g/mol. The molecular formula is C16H26BrNO2. The number of benzene rings is 1. The van der Waals surface area contributed by atoms with Crippen LogP contribution in [-0.4, -0.2) is 40.5 Å². The average Bonchev–Trinajstić information content (AvgIpc) is 2.45. The second-order valence-corrected chi connectivity index (χ2v) is 5.82. The van der Waals surface area contributed by atoms with Gasteiger partial charge in [0, 0.05) is 31.4 Å². The van der Waals surface area contributed by atoms with Crippen LogP contribution < -0.4 is 5.32 Å². The predicted octanol–water partition coefficient (Wildman–Crippen LogP) is 3.27. The van der Waals surface area contributed by atoms with Crippen molar-refractivity contribution >= 4 is 15.9 Å². The summed E-state index contributed by atoms with van der Waals surface area (Å²) in [5.41, 5.74) is 1.37. The van der Waals surface area contributed by atoms with Gasteiger partial charge in [-0.15, -0.1) is 0 Å². The Hall–Kier alpha value is -0.420. The van der Waals surface area contributed by atoms with Gasteiger partial charge < -0.3 is 14.8 Å². The number of methoxy groups -OCH3 is 1. The number of ether oxygens (including phenoxy) is 2. The summed E-state index contributed by atoms with van der Waals surface area (Å²) >= 11 is 3.62. The maximum atomic E-state index is 5.66. The highest BCUT2D eigenvalue weighted by molar-refractivity contribution is 9.10. The van der Waals surface area contributed by atoms with E-state index in [-0.39, 0.29) is 0 Å². The molecule has 1 unspecified atom stereocenters. The molecule has 1 N–H and O–H groups in total. The molecule has 20 heavy (non-hydrogen) atoms. The van der Waals surface area contributed by atoms with Gasteiger partial charge in [-0.25, -0.2) is 0 Å². The second-order valence-electron chi connectivity index (χ2n) is 4.97. The van der Waals surface area contributed by atoms with Crippen LogP contribution in [0.4, 0.5) is 0 Å². The van der Waals surface area contributed by atoms with Gasteiger partial charge in [-0.3, -0.25) is 0 Å². The third kappa shape index (κ3) is 7.39. The molecule has 1 aromatic carbocycles. The van der Waals surface area contributed by atoms with Gasteiger partial charge in [0.2, 0.25) is 0 Å². The van der Waals surface area contributed by atoms with Gasteiger partial charge in [0.15, 0.2) is 0 Å². The van der Waals surface area contributed by atoms with Crippen LogP contribution in [0.1, 0.15) is 18.4 Å². The Morgan fingerprint density at radius 1 is 1.20 bits per heavy atom. The van der Waals surface area contributed by atoms with Crippen molar-refractivity contribution in [3.63, 3.8) is 0 Å². The molecule has 0 spiro atoms. The van der Waals surface area contributed by atoms with Crippen molar-refractivity contribution < 1.29 is 9.47 Å². The van der Waals surface area contributed by atoms with E-state index in [0.717, 1.165) is 45.6 Å². The van der Waals surface area contributed by atoms with E-state index in [0.29, 0.717) is 5.92 Å². The van der Waals surface area contributed by atoms with E-state index in [1.54, 1.807) is 7.11 Å². The third-order valence-corrected chi connectivity index (χ3v) is 4.04. The number of halogens is 1. The fraction of sp³-hybridized carbons (Fsp3) is 0.625. The van der Waals surface area contributed by atoms with Crippen LogP contribution in [0, 0.1) is 5.92 Å². The number of rotatable bonds is 11. The zero-order chi connectivity index (χ0) is 14.6. The zero-order valence-corrected chi connectivity index (χ0v) is 14.1. The minimum Gasteiger partial charge on any atom is -0.385 e. The fourth-order valence-corrected chi connectivity index (χ4v) is 2.64. The molecule has 0 aliphatic rings. The Labute approximate surface area is 131 Å². The SMILES string of the molecule is CNCC(CCOCCCOC)Cc1ccccc1Br. The van der Waals surface area contributed by atoms with E-state index in [1.165, 1.54) is 10.0 Å². The van der Waals surface area contributed by atoms with Crippen LogP contribution >= 0.6 is 15.9 Å². The smallest absolute Gasteiger partial charge is 0.0487 e. The summed E-state index contributed by atoms with van der Waals surface area (Å²) in [5.74, 6) is 0.598. The van der Waals surface area contributed by atoms with Gasteiger partial charge in [0.25, 0.3) is 0 Å². The molecule has 0 fully saturated rings. The van der Waals surface area contributed by atoms with E-state index in [1.807, 2.05) is 7.05 Å². The van der Waals surface area contributed by atoms with Crippen LogP contribution in [-0.2, 0) is 15.9 Å². The topological polar surface area (TPSA) is 30.5 Å². The van der Waals surface area contributed by atoms with Crippen molar-refractivity contribution in [2.75, 3.05) is 40.5 Å². The molecule has 0 saturated carbocycles. The molecule has 0 aliphatic carbocycles. The molecule has 3 nitrogen and oxygen atoms in total. The first-order valence-electron chi connectivity index (χ1n) is 7.22.